The summed E-state index contributed by atoms with van der Waals surface area (Å²) in [4.78, 5) is 27.3. The van der Waals surface area contributed by atoms with E-state index in [4.69, 9.17) is 5.11 Å². The Kier molecular flexibility index (Phi) is 8.61. The van der Waals surface area contributed by atoms with Crippen LogP contribution in [0.4, 0.5) is 4.39 Å². The average molecular weight is 455 g/mol. The summed E-state index contributed by atoms with van der Waals surface area (Å²) in [6, 6.07) is 20.0. The van der Waals surface area contributed by atoms with Gasteiger partial charge in [-0.25, -0.2) is 4.39 Å². The Morgan fingerprint density at radius 3 is 1.67 bits per heavy atom. The molecule has 6 heteroatoms. The normalized spacial score (nSPS) is 23.2. The quantitative estimate of drug-likeness (QED) is 0.697. The van der Waals surface area contributed by atoms with E-state index in [2.05, 4.69) is 0 Å². The lowest BCUT2D eigenvalue weighted by Gasteiger charge is -2.25. The van der Waals surface area contributed by atoms with Crippen LogP contribution in [0.5, 0.6) is 0 Å². The first-order chi connectivity index (χ1) is 15.8. The zero-order valence-corrected chi connectivity index (χ0v) is 19.7. The fourth-order valence-electron chi connectivity index (χ4n) is 4.57. The molecule has 0 bridgehead atoms. The molecule has 1 N–H and O–H groups in total. The lowest BCUT2D eigenvalue weighted by molar-refractivity contribution is -0.130. The van der Waals surface area contributed by atoms with Crippen molar-refractivity contribution in [1.29, 1.82) is 0 Å². The Hall–Kier alpha value is -2.73. The van der Waals surface area contributed by atoms with Crippen molar-refractivity contribution in [3.8, 4) is 0 Å². The van der Waals surface area contributed by atoms with Crippen molar-refractivity contribution < 1.29 is 19.1 Å². The largest absolute Gasteiger partial charge is 0.396 e. The van der Waals surface area contributed by atoms with E-state index in [1.165, 1.54) is 6.92 Å². The number of likely N-dealkylation sites (tertiary alicyclic amines) is 2. The molecule has 0 spiro atoms. The molecule has 33 heavy (non-hydrogen) atoms. The van der Waals surface area contributed by atoms with Crippen LogP contribution in [0.2, 0.25) is 0 Å². The second-order valence-electron chi connectivity index (χ2n) is 9.16. The molecule has 2 heterocycles. The zero-order valence-electron chi connectivity index (χ0n) is 19.7. The Morgan fingerprint density at radius 2 is 1.27 bits per heavy atom. The Morgan fingerprint density at radius 1 is 0.818 bits per heavy atom. The van der Waals surface area contributed by atoms with Crippen molar-refractivity contribution in [2.24, 2.45) is 11.8 Å². The zero-order chi connectivity index (χ0) is 24.0. The van der Waals surface area contributed by atoms with Crippen LogP contribution in [0.1, 0.15) is 56.8 Å². The molecule has 5 atom stereocenters. The van der Waals surface area contributed by atoms with E-state index in [0.29, 0.717) is 25.9 Å². The summed E-state index contributed by atoms with van der Waals surface area (Å²) >= 11 is 0. The fraction of sp³-hybridized carbons (Fsp3) is 0.481. The number of benzene rings is 2. The Balaban J connectivity index is 0.000000186. The highest BCUT2D eigenvalue weighted by atomic mass is 19.1. The molecule has 2 unspecified atom stereocenters. The highest BCUT2D eigenvalue weighted by molar-refractivity contribution is 5.79. The highest BCUT2D eigenvalue weighted by Gasteiger charge is 2.36. The number of hydrogen-bond acceptors (Lipinski definition) is 3. The van der Waals surface area contributed by atoms with Crippen molar-refractivity contribution in [3.05, 3.63) is 71.8 Å². The van der Waals surface area contributed by atoms with Crippen LogP contribution in [0.25, 0.3) is 0 Å². The van der Waals surface area contributed by atoms with Gasteiger partial charge in [0.2, 0.25) is 11.8 Å². The summed E-state index contributed by atoms with van der Waals surface area (Å²) in [7, 11) is 0. The SMILES string of the molecule is CC(F)C1CC(=O)N([C@H](C)c2ccccc2)C1.C[C@H](c1ccccc1)N1C[C@H](CO)CC1=O. The minimum Gasteiger partial charge on any atom is -0.396 e. The molecule has 2 aliphatic heterocycles. The molecule has 4 rings (SSSR count). The standard InChI is InChI=1S/C14H18FNO.C13H17NO2/c1-10(15)13-8-14(17)16(9-13)11(2)12-6-4-3-5-7-12;1-10(12-5-3-2-4-6-12)14-8-11(9-15)7-13(14)16/h3-7,10-11,13H,8-9H2,1-2H3;2-6,10-11,15H,7-9H2,1H3/t10?,11-,13?;10-,11-/m11/s1. The van der Waals surface area contributed by atoms with Gasteiger partial charge in [0.15, 0.2) is 0 Å². The second-order valence-corrected chi connectivity index (χ2v) is 9.16. The fourth-order valence-corrected chi connectivity index (χ4v) is 4.57. The van der Waals surface area contributed by atoms with Crippen molar-refractivity contribution in [1.82, 2.24) is 9.80 Å². The summed E-state index contributed by atoms with van der Waals surface area (Å²) in [5, 5.41) is 9.08. The van der Waals surface area contributed by atoms with Gasteiger partial charge in [-0.05, 0) is 31.9 Å². The number of nitrogens with zero attached hydrogens (tertiary/aromatic N) is 2. The van der Waals surface area contributed by atoms with Crippen LogP contribution in [0, 0.1) is 11.8 Å². The van der Waals surface area contributed by atoms with E-state index in [-0.39, 0.29) is 42.3 Å². The van der Waals surface area contributed by atoms with Gasteiger partial charge < -0.3 is 14.9 Å². The number of hydrogen-bond donors (Lipinski definition) is 1. The maximum absolute atomic E-state index is 13.2. The first kappa shape index (κ1) is 24.9. The third-order valence-electron chi connectivity index (χ3n) is 6.83. The van der Waals surface area contributed by atoms with E-state index in [1.54, 1.807) is 4.90 Å². The smallest absolute Gasteiger partial charge is 0.223 e. The van der Waals surface area contributed by atoms with Gasteiger partial charge >= 0.3 is 0 Å². The maximum atomic E-state index is 13.2. The molecule has 2 amide bonds. The molecule has 0 aromatic heterocycles. The van der Waals surface area contributed by atoms with Crippen LogP contribution >= 0.6 is 0 Å². The van der Waals surface area contributed by atoms with Crippen LogP contribution < -0.4 is 0 Å². The molecule has 2 aliphatic rings. The summed E-state index contributed by atoms with van der Waals surface area (Å²) in [6.45, 7) is 6.88. The molecule has 178 valence electrons. The predicted molar refractivity (Wildman–Crippen MR) is 127 cm³/mol. The average Bonchev–Trinajstić information content (AvgIpc) is 3.42. The molecular weight excluding hydrogens is 419 g/mol. The van der Waals surface area contributed by atoms with Crippen molar-refractivity contribution in [3.63, 3.8) is 0 Å². The lowest BCUT2D eigenvalue weighted by atomic mass is 10.0. The molecule has 2 fully saturated rings. The number of alkyl halides is 1. The monoisotopic (exact) mass is 454 g/mol. The second kappa shape index (κ2) is 11.4. The van der Waals surface area contributed by atoms with Gasteiger partial charge in [0.1, 0.15) is 6.17 Å². The van der Waals surface area contributed by atoms with Crippen LogP contribution in [-0.2, 0) is 9.59 Å². The van der Waals surface area contributed by atoms with E-state index >= 15 is 0 Å². The van der Waals surface area contributed by atoms with E-state index < -0.39 is 6.17 Å². The van der Waals surface area contributed by atoms with Crippen LogP contribution in [-0.4, -0.2) is 52.6 Å². The molecule has 0 radical (unpaired) electrons. The van der Waals surface area contributed by atoms with Crippen LogP contribution in [0.3, 0.4) is 0 Å². The van der Waals surface area contributed by atoms with Crippen molar-refractivity contribution in [2.75, 3.05) is 19.7 Å². The summed E-state index contributed by atoms with van der Waals surface area (Å²) in [5.41, 5.74) is 2.25. The summed E-state index contributed by atoms with van der Waals surface area (Å²) < 4.78 is 13.2. The molecular formula is C27H35FN2O3. The van der Waals surface area contributed by atoms with Gasteiger partial charge in [-0.15, -0.1) is 0 Å². The number of carbonyl (C=O) groups excluding carboxylic acids is 2. The minimum absolute atomic E-state index is 0.0347. The first-order valence-electron chi connectivity index (χ1n) is 11.8. The van der Waals surface area contributed by atoms with Crippen molar-refractivity contribution in [2.45, 2.75) is 51.9 Å². The third-order valence-corrected chi connectivity index (χ3v) is 6.83. The van der Waals surface area contributed by atoms with Gasteiger partial charge in [-0.2, -0.15) is 0 Å². The van der Waals surface area contributed by atoms with Crippen LogP contribution in [0.15, 0.2) is 60.7 Å². The van der Waals surface area contributed by atoms with Gasteiger partial charge in [0, 0.05) is 44.4 Å². The summed E-state index contributed by atoms with van der Waals surface area (Å²) in [5.74, 6) is 0.179. The van der Waals surface area contributed by atoms with Gasteiger partial charge in [-0.1, -0.05) is 60.7 Å². The highest BCUT2D eigenvalue weighted by Crippen LogP contribution is 2.31. The molecule has 0 aliphatic carbocycles. The number of aliphatic hydroxyl groups excluding tert-OH is 1. The maximum Gasteiger partial charge on any atom is 0.223 e. The number of carbonyl (C=O) groups is 2. The Bertz CT molecular complexity index is 906. The predicted octanol–water partition coefficient (Wildman–Crippen LogP) is 4.54. The number of amides is 2. The van der Waals surface area contributed by atoms with Gasteiger partial charge in [0.25, 0.3) is 0 Å². The number of rotatable bonds is 6. The lowest BCUT2D eigenvalue weighted by Crippen LogP contribution is -2.29. The molecule has 2 aromatic rings. The van der Waals surface area contributed by atoms with Gasteiger partial charge in [-0.3, -0.25) is 9.59 Å². The molecule has 0 saturated carbocycles. The topological polar surface area (TPSA) is 60.9 Å². The number of halogens is 1. The van der Waals surface area contributed by atoms with Crippen molar-refractivity contribution >= 4 is 11.8 Å². The van der Waals surface area contributed by atoms with Gasteiger partial charge in [0.05, 0.1) is 12.1 Å². The first-order valence-corrected chi connectivity index (χ1v) is 11.8. The Labute approximate surface area is 196 Å². The molecule has 5 nitrogen and oxygen atoms in total. The molecule has 2 aromatic carbocycles. The number of aliphatic hydroxyl groups is 1. The van der Waals surface area contributed by atoms with E-state index in [0.717, 1.165) is 11.1 Å². The van der Waals surface area contributed by atoms with E-state index in [1.807, 2.05) is 79.4 Å². The molecule has 2 saturated heterocycles. The minimum atomic E-state index is -0.910. The van der Waals surface area contributed by atoms with E-state index in [9.17, 15) is 14.0 Å². The third kappa shape index (κ3) is 6.20. The summed E-state index contributed by atoms with van der Waals surface area (Å²) in [6.07, 6.45) is -0.0883.